The molecule has 0 unspecified atom stereocenters. The number of rotatable bonds is 5. The van der Waals surface area contributed by atoms with E-state index in [1.165, 1.54) is 18.2 Å². The Bertz CT molecular complexity index is 1470. The van der Waals surface area contributed by atoms with Crippen molar-refractivity contribution in [2.24, 2.45) is 0 Å². The van der Waals surface area contributed by atoms with Crippen LogP contribution in [0.2, 0.25) is 5.02 Å². The number of carbonyl (C=O) groups is 1. The lowest BCUT2D eigenvalue weighted by atomic mass is 9.96. The molecule has 0 spiro atoms. The SMILES string of the molecule is COC(=O)c1cccc(-c2ccc(-c3ccc(-c4cccc(-c5ccc(Cl)cc5)c4)cc3)cc2)c1. The van der Waals surface area contributed by atoms with Gasteiger partial charge >= 0.3 is 5.97 Å². The van der Waals surface area contributed by atoms with Gasteiger partial charge in [0.2, 0.25) is 0 Å². The Hall–Kier alpha value is -4.14. The summed E-state index contributed by atoms with van der Waals surface area (Å²) < 4.78 is 4.84. The quantitative estimate of drug-likeness (QED) is 0.238. The summed E-state index contributed by atoms with van der Waals surface area (Å²) >= 11 is 6.04. The van der Waals surface area contributed by atoms with E-state index in [9.17, 15) is 4.79 Å². The fraction of sp³-hybridized carbons (Fsp3) is 0.0312. The van der Waals surface area contributed by atoms with Crippen molar-refractivity contribution < 1.29 is 9.53 Å². The van der Waals surface area contributed by atoms with Gasteiger partial charge in [-0.15, -0.1) is 0 Å². The normalized spacial score (nSPS) is 10.7. The van der Waals surface area contributed by atoms with Crippen LogP contribution in [0.15, 0.2) is 121 Å². The minimum Gasteiger partial charge on any atom is -0.465 e. The zero-order chi connectivity index (χ0) is 24.2. The second kappa shape index (κ2) is 10.0. The molecule has 0 aliphatic carbocycles. The molecule has 0 radical (unpaired) electrons. The summed E-state index contributed by atoms with van der Waals surface area (Å²) in [6.07, 6.45) is 0. The number of hydrogen-bond donors (Lipinski definition) is 0. The van der Waals surface area contributed by atoms with Crippen LogP contribution in [-0.2, 0) is 4.74 Å². The molecule has 0 atom stereocenters. The predicted molar refractivity (Wildman–Crippen MR) is 145 cm³/mol. The van der Waals surface area contributed by atoms with Crippen molar-refractivity contribution in [1.29, 1.82) is 0 Å². The molecule has 0 amide bonds. The fourth-order valence-electron chi connectivity index (χ4n) is 4.17. The van der Waals surface area contributed by atoms with Gasteiger partial charge in [-0.25, -0.2) is 4.79 Å². The van der Waals surface area contributed by atoms with Gasteiger partial charge in [-0.3, -0.25) is 0 Å². The third-order valence-corrected chi connectivity index (χ3v) is 6.35. The molecule has 2 nitrogen and oxygen atoms in total. The van der Waals surface area contributed by atoms with Gasteiger partial charge in [0, 0.05) is 5.02 Å². The van der Waals surface area contributed by atoms with E-state index in [0.29, 0.717) is 5.56 Å². The summed E-state index contributed by atoms with van der Waals surface area (Å²) in [7, 11) is 1.39. The molecule has 0 saturated carbocycles. The molecule has 0 saturated heterocycles. The van der Waals surface area contributed by atoms with Crippen LogP contribution in [0.25, 0.3) is 44.5 Å². The lowest BCUT2D eigenvalue weighted by molar-refractivity contribution is 0.0601. The maximum absolute atomic E-state index is 11.8. The summed E-state index contributed by atoms with van der Waals surface area (Å²) in [5.74, 6) is -0.331. The molecule has 3 heteroatoms. The Balaban J connectivity index is 1.36. The van der Waals surface area contributed by atoms with Crippen LogP contribution in [0.4, 0.5) is 0 Å². The second-order valence-electron chi connectivity index (χ2n) is 8.31. The number of esters is 1. The van der Waals surface area contributed by atoms with Crippen molar-refractivity contribution >= 4 is 17.6 Å². The molecule has 0 heterocycles. The highest BCUT2D eigenvalue weighted by molar-refractivity contribution is 6.30. The average molecular weight is 475 g/mol. The Morgan fingerprint density at radius 3 is 1.34 bits per heavy atom. The van der Waals surface area contributed by atoms with E-state index in [1.807, 2.05) is 42.5 Å². The van der Waals surface area contributed by atoms with Crippen molar-refractivity contribution in [3.05, 3.63) is 132 Å². The van der Waals surface area contributed by atoms with Crippen LogP contribution in [0.3, 0.4) is 0 Å². The Morgan fingerprint density at radius 2 is 0.886 bits per heavy atom. The molecule has 0 N–H and O–H groups in total. The van der Waals surface area contributed by atoms with Crippen molar-refractivity contribution in [1.82, 2.24) is 0 Å². The van der Waals surface area contributed by atoms with Crippen LogP contribution in [0, 0.1) is 0 Å². The molecule has 5 aromatic rings. The predicted octanol–water partition coefficient (Wildman–Crippen LogP) is 8.79. The summed E-state index contributed by atoms with van der Waals surface area (Å²) in [6, 6.07) is 40.9. The minimum absolute atomic E-state index is 0.331. The van der Waals surface area contributed by atoms with Crippen molar-refractivity contribution in [2.75, 3.05) is 7.11 Å². The Kier molecular flexibility index (Phi) is 6.47. The van der Waals surface area contributed by atoms with Gasteiger partial charge in [-0.05, 0) is 74.8 Å². The van der Waals surface area contributed by atoms with Gasteiger partial charge in [0.1, 0.15) is 0 Å². The molecule has 0 fully saturated rings. The standard InChI is InChI=1S/C32H23ClO2/c1-35-32(34)30-7-3-6-29(21-30)25-14-10-23(11-15-25)22-8-12-24(13-9-22)27-4-2-5-28(20-27)26-16-18-31(33)19-17-26/h2-21H,1H3. The van der Waals surface area contributed by atoms with Crippen LogP contribution >= 0.6 is 11.6 Å². The number of benzene rings is 5. The van der Waals surface area contributed by atoms with Gasteiger partial charge in [0.25, 0.3) is 0 Å². The van der Waals surface area contributed by atoms with Crippen molar-refractivity contribution in [2.45, 2.75) is 0 Å². The average Bonchev–Trinajstić information content (AvgIpc) is 2.93. The monoisotopic (exact) mass is 474 g/mol. The third kappa shape index (κ3) is 5.03. The third-order valence-electron chi connectivity index (χ3n) is 6.09. The first-order chi connectivity index (χ1) is 17.1. The molecule has 0 aliphatic heterocycles. The second-order valence-corrected chi connectivity index (χ2v) is 8.75. The summed E-state index contributed by atoms with van der Waals surface area (Å²) in [5.41, 5.74) is 9.51. The van der Waals surface area contributed by atoms with Gasteiger partial charge in [0.05, 0.1) is 12.7 Å². The van der Waals surface area contributed by atoms with E-state index in [4.69, 9.17) is 16.3 Å². The number of carbonyl (C=O) groups excluding carboxylic acids is 1. The number of hydrogen-bond acceptors (Lipinski definition) is 2. The lowest BCUT2D eigenvalue weighted by Gasteiger charge is -2.09. The Labute approximate surface area is 210 Å². The molecule has 170 valence electrons. The minimum atomic E-state index is -0.331. The first kappa shape index (κ1) is 22.6. The first-order valence-electron chi connectivity index (χ1n) is 11.4. The van der Waals surface area contributed by atoms with Crippen LogP contribution in [0.5, 0.6) is 0 Å². The molecule has 0 bridgehead atoms. The van der Waals surface area contributed by atoms with Gasteiger partial charge < -0.3 is 4.74 Å². The van der Waals surface area contributed by atoms with Crippen LogP contribution in [0.1, 0.15) is 10.4 Å². The number of ether oxygens (including phenoxy) is 1. The molecule has 0 aromatic heterocycles. The van der Waals surface area contributed by atoms with E-state index < -0.39 is 0 Å². The summed E-state index contributed by atoms with van der Waals surface area (Å²) in [5, 5.41) is 0.739. The highest BCUT2D eigenvalue weighted by atomic mass is 35.5. The topological polar surface area (TPSA) is 26.3 Å². The molecule has 0 aliphatic rings. The molecule has 5 rings (SSSR count). The van der Waals surface area contributed by atoms with E-state index in [2.05, 4.69) is 72.8 Å². The first-order valence-corrected chi connectivity index (χ1v) is 11.7. The van der Waals surface area contributed by atoms with Gasteiger partial charge in [-0.2, -0.15) is 0 Å². The van der Waals surface area contributed by atoms with Crippen molar-refractivity contribution in [3.8, 4) is 44.5 Å². The maximum Gasteiger partial charge on any atom is 0.337 e. The number of halogens is 1. The molecular weight excluding hydrogens is 452 g/mol. The van der Waals surface area contributed by atoms with E-state index in [0.717, 1.165) is 38.4 Å². The number of methoxy groups -OCH3 is 1. The molecule has 35 heavy (non-hydrogen) atoms. The highest BCUT2D eigenvalue weighted by Crippen LogP contribution is 2.30. The smallest absolute Gasteiger partial charge is 0.337 e. The highest BCUT2D eigenvalue weighted by Gasteiger charge is 2.08. The summed E-state index contributed by atoms with van der Waals surface area (Å²) in [6.45, 7) is 0. The zero-order valence-electron chi connectivity index (χ0n) is 19.2. The zero-order valence-corrected chi connectivity index (χ0v) is 20.0. The van der Waals surface area contributed by atoms with Crippen molar-refractivity contribution in [3.63, 3.8) is 0 Å². The molecule has 5 aromatic carbocycles. The van der Waals surface area contributed by atoms with Gasteiger partial charge in [-0.1, -0.05) is 103 Å². The van der Waals surface area contributed by atoms with Crippen LogP contribution < -0.4 is 0 Å². The van der Waals surface area contributed by atoms with E-state index >= 15 is 0 Å². The fourth-order valence-corrected chi connectivity index (χ4v) is 4.30. The molecular formula is C32H23ClO2. The van der Waals surface area contributed by atoms with E-state index in [1.54, 1.807) is 6.07 Å². The largest absolute Gasteiger partial charge is 0.465 e. The Morgan fingerprint density at radius 1 is 0.514 bits per heavy atom. The maximum atomic E-state index is 11.8. The van der Waals surface area contributed by atoms with Crippen LogP contribution in [-0.4, -0.2) is 13.1 Å². The van der Waals surface area contributed by atoms with Gasteiger partial charge in [0.15, 0.2) is 0 Å². The summed E-state index contributed by atoms with van der Waals surface area (Å²) in [4.78, 5) is 11.8. The van der Waals surface area contributed by atoms with E-state index in [-0.39, 0.29) is 5.97 Å². The lowest BCUT2D eigenvalue weighted by Crippen LogP contribution is -2.00.